The van der Waals surface area contributed by atoms with E-state index in [9.17, 15) is 9.59 Å². The van der Waals surface area contributed by atoms with Crippen LogP contribution in [0.25, 0.3) is 0 Å². The van der Waals surface area contributed by atoms with Crippen molar-refractivity contribution in [2.75, 3.05) is 0 Å². The number of hydrogen-bond donors (Lipinski definition) is 0. The molecular formula is C20H34O2. The Bertz CT molecular complexity index is 379. The molecule has 0 bridgehead atoms. The van der Waals surface area contributed by atoms with Gasteiger partial charge in [-0.1, -0.05) is 35.8 Å². The van der Waals surface area contributed by atoms with E-state index in [0.717, 1.165) is 43.8 Å². The molecule has 0 amide bonds. The summed E-state index contributed by atoms with van der Waals surface area (Å²) >= 11 is 0. The van der Waals surface area contributed by atoms with E-state index in [1.54, 1.807) is 6.08 Å². The molecule has 0 rings (SSSR count). The molecule has 0 radical (unpaired) electrons. The zero-order valence-corrected chi connectivity index (χ0v) is 15.3. The lowest BCUT2D eigenvalue weighted by Crippen LogP contribution is -1.93. The highest BCUT2D eigenvalue weighted by molar-refractivity contribution is 5.65. The predicted molar refractivity (Wildman–Crippen MR) is 97.0 cm³/mol. The summed E-state index contributed by atoms with van der Waals surface area (Å²) < 4.78 is 0. The molecule has 0 heterocycles. The minimum Gasteiger partial charge on any atom is -0.303 e. The van der Waals surface area contributed by atoms with Gasteiger partial charge in [0.25, 0.3) is 0 Å². The van der Waals surface area contributed by atoms with E-state index in [-0.39, 0.29) is 0 Å². The van der Waals surface area contributed by atoms with Crippen LogP contribution in [-0.4, -0.2) is 12.6 Å². The Labute approximate surface area is 137 Å². The van der Waals surface area contributed by atoms with Crippen molar-refractivity contribution < 1.29 is 9.59 Å². The Morgan fingerprint density at radius 2 is 1.45 bits per heavy atom. The third-order valence-corrected chi connectivity index (χ3v) is 3.15. The second kappa shape index (κ2) is 15.9. The summed E-state index contributed by atoms with van der Waals surface area (Å²) in [6.07, 6.45) is 12.9. The zero-order valence-electron chi connectivity index (χ0n) is 15.3. The van der Waals surface area contributed by atoms with Gasteiger partial charge in [-0.25, -0.2) is 0 Å². The van der Waals surface area contributed by atoms with Crippen molar-refractivity contribution in [2.45, 2.75) is 73.6 Å². The molecule has 0 aromatic heterocycles. The highest BCUT2D eigenvalue weighted by atomic mass is 16.1. The Kier molecular flexibility index (Phi) is 16.5. The van der Waals surface area contributed by atoms with Crippen molar-refractivity contribution in [1.82, 2.24) is 0 Å². The van der Waals surface area contributed by atoms with Crippen molar-refractivity contribution in [3.8, 4) is 0 Å². The molecule has 1 unspecified atom stereocenters. The molecular weight excluding hydrogens is 272 g/mol. The molecule has 0 aromatic carbocycles. The van der Waals surface area contributed by atoms with Crippen LogP contribution in [0.1, 0.15) is 73.6 Å². The minimum atomic E-state index is 0.545. The van der Waals surface area contributed by atoms with Gasteiger partial charge in [-0.2, -0.15) is 0 Å². The Morgan fingerprint density at radius 1 is 0.909 bits per heavy atom. The number of rotatable bonds is 9. The van der Waals surface area contributed by atoms with E-state index < -0.39 is 0 Å². The first-order valence-electron chi connectivity index (χ1n) is 8.14. The molecule has 0 aliphatic rings. The first-order chi connectivity index (χ1) is 10.3. The molecule has 126 valence electrons. The lowest BCUT2D eigenvalue weighted by molar-refractivity contribution is -0.108. The molecule has 0 saturated carbocycles. The topological polar surface area (TPSA) is 34.1 Å². The van der Waals surface area contributed by atoms with E-state index in [4.69, 9.17) is 0 Å². The SMILES string of the molecule is CC(C)=CCCC(C)=CC=O.CC(C)=CCCC(C)CC=O. The Balaban J connectivity index is 0. The fourth-order valence-electron chi connectivity index (χ4n) is 1.73. The standard InChI is InChI=1S/C10H18O.C10H16O/c2*1-9(2)5-4-6-10(3)7-8-11/h5,8,10H,4,6-7H2,1-3H3;5,7-8H,4,6H2,1-3H3. The van der Waals surface area contributed by atoms with E-state index in [2.05, 4.69) is 46.8 Å². The maximum absolute atomic E-state index is 10.1. The average molecular weight is 306 g/mol. The van der Waals surface area contributed by atoms with Crippen LogP contribution >= 0.6 is 0 Å². The second-order valence-corrected chi connectivity index (χ2v) is 6.34. The van der Waals surface area contributed by atoms with Gasteiger partial charge < -0.3 is 4.79 Å². The first kappa shape index (κ1) is 22.8. The van der Waals surface area contributed by atoms with E-state index >= 15 is 0 Å². The molecule has 0 aliphatic heterocycles. The van der Waals surface area contributed by atoms with Crippen LogP contribution in [0.2, 0.25) is 0 Å². The van der Waals surface area contributed by atoms with Gasteiger partial charge >= 0.3 is 0 Å². The summed E-state index contributed by atoms with van der Waals surface area (Å²) in [6, 6.07) is 0. The summed E-state index contributed by atoms with van der Waals surface area (Å²) in [5, 5.41) is 0. The predicted octanol–water partition coefficient (Wildman–Crippen LogP) is 5.84. The third-order valence-electron chi connectivity index (χ3n) is 3.15. The first-order valence-corrected chi connectivity index (χ1v) is 8.14. The van der Waals surface area contributed by atoms with E-state index in [1.807, 2.05) is 6.92 Å². The quantitative estimate of drug-likeness (QED) is 0.305. The van der Waals surface area contributed by atoms with E-state index in [1.165, 1.54) is 11.1 Å². The van der Waals surface area contributed by atoms with Crippen molar-refractivity contribution in [3.63, 3.8) is 0 Å². The summed E-state index contributed by atoms with van der Waals surface area (Å²) in [5.41, 5.74) is 3.85. The van der Waals surface area contributed by atoms with Crippen molar-refractivity contribution >= 4 is 12.6 Å². The van der Waals surface area contributed by atoms with Gasteiger partial charge in [-0.15, -0.1) is 0 Å². The van der Waals surface area contributed by atoms with Gasteiger partial charge in [-0.05, 0) is 72.3 Å². The van der Waals surface area contributed by atoms with Crippen LogP contribution in [-0.2, 0) is 9.59 Å². The summed E-state index contributed by atoms with van der Waals surface area (Å²) in [4.78, 5) is 20.1. The maximum atomic E-state index is 10.1. The van der Waals surface area contributed by atoms with Gasteiger partial charge in [0.1, 0.15) is 12.6 Å². The number of hydrogen-bond acceptors (Lipinski definition) is 2. The van der Waals surface area contributed by atoms with Crippen LogP contribution in [0.4, 0.5) is 0 Å². The van der Waals surface area contributed by atoms with E-state index in [0.29, 0.717) is 12.3 Å². The van der Waals surface area contributed by atoms with Crippen molar-refractivity contribution in [1.29, 1.82) is 0 Å². The van der Waals surface area contributed by atoms with Gasteiger partial charge in [0.05, 0.1) is 0 Å². The summed E-state index contributed by atoms with van der Waals surface area (Å²) in [7, 11) is 0. The van der Waals surface area contributed by atoms with Crippen molar-refractivity contribution in [3.05, 3.63) is 34.9 Å². The van der Waals surface area contributed by atoms with Gasteiger partial charge in [0.2, 0.25) is 0 Å². The van der Waals surface area contributed by atoms with Crippen LogP contribution in [0.5, 0.6) is 0 Å². The lowest BCUT2D eigenvalue weighted by atomic mass is 10.0. The molecule has 0 aliphatic carbocycles. The van der Waals surface area contributed by atoms with Gasteiger partial charge in [0.15, 0.2) is 0 Å². The Hall–Kier alpha value is -1.44. The monoisotopic (exact) mass is 306 g/mol. The molecule has 0 spiro atoms. The lowest BCUT2D eigenvalue weighted by Gasteiger charge is -2.03. The van der Waals surface area contributed by atoms with Crippen LogP contribution in [0.15, 0.2) is 34.9 Å². The second-order valence-electron chi connectivity index (χ2n) is 6.34. The molecule has 22 heavy (non-hydrogen) atoms. The molecule has 0 saturated heterocycles. The van der Waals surface area contributed by atoms with Crippen LogP contribution in [0.3, 0.4) is 0 Å². The summed E-state index contributed by atoms with van der Waals surface area (Å²) in [6.45, 7) is 12.5. The third kappa shape index (κ3) is 20.9. The highest BCUT2D eigenvalue weighted by Gasteiger charge is 1.98. The van der Waals surface area contributed by atoms with Gasteiger partial charge in [-0.3, -0.25) is 4.79 Å². The fourth-order valence-corrected chi connectivity index (χ4v) is 1.73. The fraction of sp³-hybridized carbons (Fsp3) is 0.600. The number of carbonyl (C=O) groups is 2. The highest BCUT2D eigenvalue weighted by Crippen LogP contribution is 2.09. The summed E-state index contributed by atoms with van der Waals surface area (Å²) in [5.74, 6) is 0.545. The molecule has 2 heteroatoms. The molecule has 0 aromatic rings. The zero-order chi connectivity index (χ0) is 17.4. The van der Waals surface area contributed by atoms with Crippen LogP contribution in [0, 0.1) is 5.92 Å². The smallest absolute Gasteiger partial charge is 0.142 e. The maximum Gasteiger partial charge on any atom is 0.142 e. The normalized spacial score (nSPS) is 11.6. The average Bonchev–Trinajstić information content (AvgIpc) is 2.39. The number of aldehydes is 2. The van der Waals surface area contributed by atoms with Gasteiger partial charge in [0, 0.05) is 6.42 Å². The van der Waals surface area contributed by atoms with Crippen molar-refractivity contribution in [2.24, 2.45) is 5.92 Å². The largest absolute Gasteiger partial charge is 0.303 e. The Morgan fingerprint density at radius 3 is 1.91 bits per heavy atom. The number of allylic oxidation sites excluding steroid dienone is 6. The minimum absolute atomic E-state index is 0.545. The molecule has 2 nitrogen and oxygen atoms in total. The number of carbonyl (C=O) groups excluding carboxylic acids is 2. The molecule has 1 atom stereocenters. The van der Waals surface area contributed by atoms with Crippen LogP contribution < -0.4 is 0 Å². The molecule has 0 fully saturated rings. The molecule has 0 N–H and O–H groups in total.